The molecular formula is C31H43N5O5S. The Hall–Kier alpha value is -2.83. The Balaban J connectivity index is 1.00. The van der Waals surface area contributed by atoms with E-state index in [1.54, 1.807) is 11.3 Å². The van der Waals surface area contributed by atoms with Crippen LogP contribution in [0.15, 0.2) is 36.5 Å². The molecular weight excluding hydrogens is 554 g/mol. The van der Waals surface area contributed by atoms with Gasteiger partial charge < -0.3 is 33.6 Å². The second-order valence-electron chi connectivity index (χ2n) is 10.4. The first-order chi connectivity index (χ1) is 20.7. The summed E-state index contributed by atoms with van der Waals surface area (Å²) in [6.45, 7) is 11.6. The summed E-state index contributed by atoms with van der Waals surface area (Å²) in [7, 11) is 0. The molecule has 2 aromatic heterocycles. The molecule has 4 heterocycles. The van der Waals surface area contributed by atoms with Crippen molar-refractivity contribution >= 4 is 39.0 Å². The third kappa shape index (κ3) is 8.61. The van der Waals surface area contributed by atoms with Gasteiger partial charge in [0.15, 0.2) is 0 Å². The van der Waals surface area contributed by atoms with Crippen molar-refractivity contribution in [3.8, 4) is 10.6 Å². The van der Waals surface area contributed by atoms with Gasteiger partial charge in [0.1, 0.15) is 10.8 Å². The van der Waals surface area contributed by atoms with Gasteiger partial charge in [-0.1, -0.05) is 0 Å². The average Bonchev–Trinajstić information content (AvgIpc) is 3.72. The lowest BCUT2D eigenvalue weighted by atomic mass is 10.2. The predicted octanol–water partition coefficient (Wildman–Crippen LogP) is 4.08. The molecule has 3 aromatic rings. The molecule has 0 saturated carbocycles. The number of amides is 1. The van der Waals surface area contributed by atoms with E-state index in [1.165, 1.54) is 23.2 Å². The largest absolute Gasteiger partial charge is 0.379 e. The molecule has 2 fully saturated rings. The first kappa shape index (κ1) is 30.6. The Morgan fingerprint density at radius 2 is 1.50 bits per heavy atom. The third-order valence-corrected chi connectivity index (χ3v) is 8.64. The molecule has 0 N–H and O–H groups in total. The van der Waals surface area contributed by atoms with Crippen molar-refractivity contribution in [2.24, 2.45) is 0 Å². The van der Waals surface area contributed by atoms with Crippen molar-refractivity contribution in [3.05, 3.63) is 36.5 Å². The van der Waals surface area contributed by atoms with Crippen LogP contribution in [0, 0.1) is 0 Å². The third-order valence-electron chi connectivity index (χ3n) is 7.57. The number of thiazole rings is 1. The van der Waals surface area contributed by atoms with Crippen molar-refractivity contribution in [1.82, 2.24) is 14.9 Å². The number of nitrogens with zero attached hydrogens (tertiary/aromatic N) is 5. The highest BCUT2D eigenvalue weighted by atomic mass is 32.1. The molecule has 2 saturated heterocycles. The van der Waals surface area contributed by atoms with E-state index in [4.69, 9.17) is 28.9 Å². The van der Waals surface area contributed by atoms with Crippen LogP contribution in [-0.4, -0.2) is 113 Å². The standard InChI is InChI=1S/C31H43N5O5S/c1-2-38-17-18-40-21-22-41-20-19-39-16-9-30(37)36-14-12-34(13-15-36)26-6-7-27-28(23-26)42-31(33-27)25-5-8-29(32-24-25)35-10-3-4-11-35/h5-8,23-24H,2-4,9-22H2,1H3. The Morgan fingerprint density at radius 1 is 0.810 bits per heavy atom. The van der Waals surface area contributed by atoms with Gasteiger partial charge in [-0.25, -0.2) is 9.97 Å². The summed E-state index contributed by atoms with van der Waals surface area (Å²) in [5, 5.41) is 0.995. The molecule has 0 radical (unpaired) electrons. The Bertz CT molecular complexity index is 1240. The number of aromatic nitrogens is 2. The molecule has 11 heteroatoms. The fourth-order valence-electron chi connectivity index (χ4n) is 5.22. The molecule has 42 heavy (non-hydrogen) atoms. The molecule has 1 amide bonds. The number of piperazine rings is 1. The van der Waals surface area contributed by atoms with Gasteiger partial charge in [0.05, 0.1) is 62.9 Å². The molecule has 0 unspecified atom stereocenters. The maximum absolute atomic E-state index is 12.7. The Kier molecular flexibility index (Phi) is 11.8. The van der Waals surface area contributed by atoms with Crippen LogP contribution in [0.3, 0.4) is 0 Å². The van der Waals surface area contributed by atoms with Gasteiger partial charge in [-0.2, -0.15) is 0 Å². The van der Waals surface area contributed by atoms with Gasteiger partial charge in [-0.05, 0) is 50.1 Å². The van der Waals surface area contributed by atoms with E-state index in [-0.39, 0.29) is 5.91 Å². The van der Waals surface area contributed by atoms with Crippen molar-refractivity contribution in [2.45, 2.75) is 26.2 Å². The highest BCUT2D eigenvalue weighted by Gasteiger charge is 2.22. The molecule has 0 spiro atoms. The number of fused-ring (bicyclic) bond motifs is 1. The fourth-order valence-corrected chi connectivity index (χ4v) is 6.20. The smallest absolute Gasteiger partial charge is 0.225 e. The minimum absolute atomic E-state index is 0.144. The van der Waals surface area contributed by atoms with Crippen LogP contribution in [0.2, 0.25) is 0 Å². The first-order valence-electron chi connectivity index (χ1n) is 15.2. The maximum atomic E-state index is 12.7. The summed E-state index contributed by atoms with van der Waals surface area (Å²) in [5.74, 6) is 1.20. The second-order valence-corrected chi connectivity index (χ2v) is 11.5. The zero-order valence-corrected chi connectivity index (χ0v) is 25.5. The molecule has 2 aliphatic rings. The molecule has 0 atom stereocenters. The minimum atomic E-state index is 0.144. The van der Waals surface area contributed by atoms with Crippen LogP contribution < -0.4 is 9.80 Å². The summed E-state index contributed by atoms with van der Waals surface area (Å²) < 4.78 is 22.9. The normalized spacial score (nSPS) is 15.7. The zero-order valence-electron chi connectivity index (χ0n) is 24.7. The van der Waals surface area contributed by atoms with Crippen molar-refractivity contribution in [3.63, 3.8) is 0 Å². The van der Waals surface area contributed by atoms with Gasteiger partial charge in [-0.3, -0.25) is 4.79 Å². The number of carbonyl (C=O) groups excluding carboxylic acids is 1. The Morgan fingerprint density at radius 3 is 2.17 bits per heavy atom. The predicted molar refractivity (Wildman–Crippen MR) is 167 cm³/mol. The van der Waals surface area contributed by atoms with Crippen molar-refractivity contribution in [2.75, 3.05) is 102 Å². The lowest BCUT2D eigenvalue weighted by molar-refractivity contribution is -0.132. The van der Waals surface area contributed by atoms with E-state index >= 15 is 0 Å². The summed E-state index contributed by atoms with van der Waals surface area (Å²) >= 11 is 1.70. The van der Waals surface area contributed by atoms with Gasteiger partial charge in [0.25, 0.3) is 0 Å². The summed E-state index contributed by atoms with van der Waals surface area (Å²) in [4.78, 5) is 28.9. The van der Waals surface area contributed by atoms with Crippen LogP contribution in [0.1, 0.15) is 26.2 Å². The fraction of sp³-hybridized carbons (Fsp3) is 0.581. The van der Waals surface area contributed by atoms with Crippen LogP contribution in [0.4, 0.5) is 11.5 Å². The van der Waals surface area contributed by atoms with E-state index in [0.29, 0.717) is 72.4 Å². The minimum Gasteiger partial charge on any atom is -0.379 e. The molecule has 5 rings (SSSR count). The van der Waals surface area contributed by atoms with Gasteiger partial charge in [0, 0.05) is 63.3 Å². The summed E-state index contributed by atoms with van der Waals surface area (Å²) in [5.41, 5.74) is 3.24. The molecule has 0 bridgehead atoms. The van der Waals surface area contributed by atoms with Crippen LogP contribution in [-0.2, 0) is 23.7 Å². The zero-order chi connectivity index (χ0) is 29.0. The number of benzene rings is 1. The number of carbonyl (C=O) groups is 1. The topological polar surface area (TPSA) is 89.5 Å². The highest BCUT2D eigenvalue weighted by Crippen LogP contribution is 2.33. The summed E-state index contributed by atoms with van der Waals surface area (Å²) in [6, 6.07) is 10.7. The molecule has 2 aliphatic heterocycles. The van der Waals surface area contributed by atoms with Crippen molar-refractivity contribution in [1.29, 1.82) is 0 Å². The van der Waals surface area contributed by atoms with Gasteiger partial charge >= 0.3 is 0 Å². The van der Waals surface area contributed by atoms with E-state index < -0.39 is 0 Å². The van der Waals surface area contributed by atoms with E-state index in [0.717, 1.165) is 48.1 Å². The quantitative estimate of drug-likeness (QED) is 0.227. The van der Waals surface area contributed by atoms with Gasteiger partial charge in [-0.15, -0.1) is 11.3 Å². The monoisotopic (exact) mass is 597 g/mol. The van der Waals surface area contributed by atoms with Crippen LogP contribution >= 0.6 is 11.3 Å². The van der Waals surface area contributed by atoms with Crippen LogP contribution in [0.5, 0.6) is 0 Å². The second kappa shape index (κ2) is 16.1. The number of anilines is 2. The number of pyridine rings is 1. The molecule has 10 nitrogen and oxygen atoms in total. The lowest BCUT2D eigenvalue weighted by Crippen LogP contribution is -2.49. The Labute approximate surface area is 252 Å². The number of rotatable bonds is 16. The number of hydrogen-bond acceptors (Lipinski definition) is 10. The van der Waals surface area contributed by atoms with E-state index in [9.17, 15) is 4.79 Å². The average molecular weight is 598 g/mol. The van der Waals surface area contributed by atoms with Gasteiger partial charge in [0.2, 0.25) is 5.91 Å². The molecule has 0 aliphatic carbocycles. The van der Waals surface area contributed by atoms with Crippen LogP contribution in [0.25, 0.3) is 20.8 Å². The summed E-state index contributed by atoms with van der Waals surface area (Å²) in [6.07, 6.45) is 4.83. The number of ether oxygens (including phenoxy) is 4. The lowest BCUT2D eigenvalue weighted by Gasteiger charge is -2.36. The molecule has 1 aromatic carbocycles. The highest BCUT2D eigenvalue weighted by molar-refractivity contribution is 7.21. The number of hydrogen-bond donors (Lipinski definition) is 0. The maximum Gasteiger partial charge on any atom is 0.225 e. The SMILES string of the molecule is CCOCCOCCOCCOCCC(=O)N1CCN(c2ccc3nc(-c4ccc(N5CCCC5)nc4)sc3c2)CC1. The first-order valence-corrected chi connectivity index (χ1v) is 16.0. The van der Waals surface area contributed by atoms with Crippen molar-refractivity contribution < 1.29 is 23.7 Å². The molecule has 228 valence electrons. The van der Waals surface area contributed by atoms with E-state index in [2.05, 4.69) is 40.1 Å². The van der Waals surface area contributed by atoms with E-state index in [1.807, 2.05) is 18.0 Å².